The van der Waals surface area contributed by atoms with Crippen molar-refractivity contribution in [3.05, 3.63) is 47.8 Å². The van der Waals surface area contributed by atoms with E-state index in [9.17, 15) is 13.5 Å². The molecule has 0 amide bonds. The minimum Gasteiger partial charge on any atom is -0.474 e. The maximum atomic E-state index is 11.0. The Hall–Kier alpha value is -2.31. The fourth-order valence-corrected chi connectivity index (χ4v) is 4.50. The summed E-state index contributed by atoms with van der Waals surface area (Å²) < 4.78 is 44.1. The molecule has 4 rings (SSSR count). The Bertz CT molecular complexity index is 1020. The van der Waals surface area contributed by atoms with Crippen molar-refractivity contribution in [1.29, 1.82) is 0 Å². The lowest BCUT2D eigenvalue weighted by Crippen LogP contribution is -2.24. The monoisotopic (exact) mass is 451 g/mol. The van der Waals surface area contributed by atoms with Crippen LogP contribution in [0, 0.1) is 5.92 Å². The van der Waals surface area contributed by atoms with Gasteiger partial charge in [-0.3, -0.25) is 4.18 Å². The third-order valence-electron chi connectivity index (χ3n) is 5.64. The van der Waals surface area contributed by atoms with Crippen LogP contribution >= 0.6 is 0 Å². The van der Waals surface area contributed by atoms with Crippen molar-refractivity contribution >= 4 is 10.3 Å². The molecule has 31 heavy (non-hydrogen) atoms. The summed E-state index contributed by atoms with van der Waals surface area (Å²) in [6.45, 7) is -0.197. The van der Waals surface area contributed by atoms with Crippen LogP contribution in [-0.4, -0.2) is 55.5 Å². The van der Waals surface area contributed by atoms with E-state index in [0.29, 0.717) is 24.6 Å². The number of nitrogens with two attached hydrogens (primary N) is 1. The van der Waals surface area contributed by atoms with E-state index in [-0.39, 0.29) is 24.9 Å². The average Bonchev–Trinajstić information content (AvgIpc) is 3.26. The number of hydrogen-bond acceptors (Lipinski definition) is 9. The summed E-state index contributed by atoms with van der Waals surface area (Å²) in [5.74, 6) is 0.246. The first kappa shape index (κ1) is 21.9. The maximum Gasteiger partial charge on any atom is 0.333 e. The molecule has 3 N–H and O–H groups in total. The molecule has 2 aliphatic rings. The van der Waals surface area contributed by atoms with Crippen molar-refractivity contribution in [1.82, 2.24) is 9.97 Å². The Labute approximate surface area is 180 Å². The van der Waals surface area contributed by atoms with Crippen LogP contribution in [0.1, 0.15) is 30.1 Å². The molecule has 1 saturated carbocycles. The van der Waals surface area contributed by atoms with E-state index >= 15 is 0 Å². The Morgan fingerprint density at radius 2 is 1.90 bits per heavy atom. The van der Waals surface area contributed by atoms with Crippen LogP contribution in [0.15, 0.2) is 36.7 Å². The molecule has 5 atom stereocenters. The van der Waals surface area contributed by atoms with Gasteiger partial charge in [0.1, 0.15) is 18.5 Å². The number of ether oxygens (including phenoxy) is 3. The molecule has 1 aromatic heterocycles. The van der Waals surface area contributed by atoms with Crippen molar-refractivity contribution in [3.63, 3.8) is 0 Å². The lowest BCUT2D eigenvalue weighted by Gasteiger charge is -2.20. The second-order valence-corrected chi connectivity index (χ2v) is 8.95. The molecule has 168 valence electrons. The predicted molar refractivity (Wildman–Crippen MR) is 109 cm³/mol. The molecule has 0 spiro atoms. The van der Waals surface area contributed by atoms with Gasteiger partial charge in [-0.25, -0.2) is 15.1 Å². The van der Waals surface area contributed by atoms with Crippen LogP contribution in [0.2, 0.25) is 0 Å². The van der Waals surface area contributed by atoms with Gasteiger partial charge < -0.3 is 19.3 Å². The lowest BCUT2D eigenvalue weighted by molar-refractivity contribution is 0.0107. The molecular weight excluding hydrogens is 426 g/mol. The van der Waals surface area contributed by atoms with Gasteiger partial charge in [-0.05, 0) is 17.5 Å². The highest BCUT2D eigenvalue weighted by Gasteiger charge is 2.36. The molecule has 1 aromatic carbocycles. The number of aliphatic hydroxyl groups is 1. The van der Waals surface area contributed by atoms with Crippen molar-refractivity contribution in [2.24, 2.45) is 11.1 Å². The topological polar surface area (TPSA) is 143 Å². The highest BCUT2D eigenvalue weighted by molar-refractivity contribution is 7.84. The molecule has 2 aliphatic carbocycles. The Morgan fingerprint density at radius 3 is 2.65 bits per heavy atom. The third kappa shape index (κ3) is 5.31. The number of benzene rings is 1. The summed E-state index contributed by atoms with van der Waals surface area (Å²) in [5.41, 5.74) is 2.24. The van der Waals surface area contributed by atoms with Gasteiger partial charge >= 0.3 is 10.3 Å². The van der Waals surface area contributed by atoms with Crippen molar-refractivity contribution in [2.45, 2.75) is 43.7 Å². The number of rotatable bonds is 8. The molecule has 1 heterocycles. The SMILES string of the molecule is CO[C@H]1Cc2ccccc2[C@H]1Oc1cc(OC2CC(O)[C@H](COS(N)(=O)=O)C2)ncn1. The Kier molecular flexibility index (Phi) is 6.39. The van der Waals surface area contributed by atoms with Gasteiger partial charge in [0.2, 0.25) is 11.8 Å². The molecular formula is C20H25N3O7S. The zero-order chi connectivity index (χ0) is 22.0. The Morgan fingerprint density at radius 1 is 1.16 bits per heavy atom. The minimum absolute atomic E-state index is 0.124. The quantitative estimate of drug-likeness (QED) is 0.598. The molecule has 11 heteroatoms. The van der Waals surface area contributed by atoms with Crippen LogP contribution in [-0.2, 0) is 25.6 Å². The highest BCUT2D eigenvalue weighted by atomic mass is 32.2. The molecule has 0 saturated heterocycles. The molecule has 0 radical (unpaired) electrons. The van der Waals surface area contributed by atoms with E-state index in [1.807, 2.05) is 18.2 Å². The zero-order valence-electron chi connectivity index (χ0n) is 17.0. The second kappa shape index (κ2) is 9.05. The summed E-state index contributed by atoms with van der Waals surface area (Å²) in [4.78, 5) is 8.31. The summed E-state index contributed by atoms with van der Waals surface area (Å²) in [5, 5.41) is 15.0. The fraction of sp³-hybridized carbons (Fsp3) is 0.500. The van der Waals surface area contributed by atoms with E-state index in [2.05, 4.69) is 20.2 Å². The minimum atomic E-state index is -4.06. The highest BCUT2D eigenvalue weighted by Crippen LogP contribution is 2.37. The first-order valence-electron chi connectivity index (χ1n) is 9.93. The summed E-state index contributed by atoms with van der Waals surface area (Å²) in [6.07, 6.45) is 1.29. The predicted octanol–water partition coefficient (Wildman–Crippen LogP) is 0.906. The first-order valence-corrected chi connectivity index (χ1v) is 11.4. The molecule has 2 unspecified atom stereocenters. The number of nitrogens with zero attached hydrogens (tertiary/aromatic N) is 2. The third-order valence-corrected chi connectivity index (χ3v) is 6.10. The first-order chi connectivity index (χ1) is 14.8. The van der Waals surface area contributed by atoms with Gasteiger partial charge in [0.05, 0.1) is 18.8 Å². The van der Waals surface area contributed by atoms with E-state index in [1.54, 1.807) is 13.2 Å². The largest absolute Gasteiger partial charge is 0.474 e. The Balaban J connectivity index is 1.40. The van der Waals surface area contributed by atoms with Crippen molar-refractivity contribution < 1.29 is 31.9 Å². The second-order valence-electron chi connectivity index (χ2n) is 7.73. The van der Waals surface area contributed by atoms with Crippen LogP contribution in [0.5, 0.6) is 11.8 Å². The van der Waals surface area contributed by atoms with E-state index in [0.717, 1.165) is 12.0 Å². The maximum absolute atomic E-state index is 11.0. The molecule has 2 aromatic rings. The summed E-state index contributed by atoms with van der Waals surface area (Å²) in [7, 11) is -2.40. The summed E-state index contributed by atoms with van der Waals surface area (Å²) >= 11 is 0. The van der Waals surface area contributed by atoms with Crippen molar-refractivity contribution in [2.75, 3.05) is 13.7 Å². The van der Waals surface area contributed by atoms with Gasteiger partial charge in [0.25, 0.3) is 0 Å². The van der Waals surface area contributed by atoms with Gasteiger partial charge in [-0.15, -0.1) is 0 Å². The van der Waals surface area contributed by atoms with Gasteiger partial charge in [-0.2, -0.15) is 8.42 Å². The van der Waals surface area contributed by atoms with E-state index in [1.165, 1.54) is 11.9 Å². The fourth-order valence-electron chi connectivity index (χ4n) is 4.13. The van der Waals surface area contributed by atoms with E-state index in [4.69, 9.17) is 19.3 Å². The van der Waals surface area contributed by atoms with Crippen molar-refractivity contribution in [3.8, 4) is 11.8 Å². The van der Waals surface area contributed by atoms with Crippen LogP contribution in [0.4, 0.5) is 0 Å². The van der Waals surface area contributed by atoms with Gasteiger partial charge in [-0.1, -0.05) is 24.3 Å². The van der Waals surface area contributed by atoms with E-state index < -0.39 is 22.3 Å². The van der Waals surface area contributed by atoms with Crippen LogP contribution in [0.25, 0.3) is 0 Å². The normalized spacial score (nSPS) is 27.8. The molecule has 10 nitrogen and oxygen atoms in total. The number of aromatic nitrogens is 2. The smallest absolute Gasteiger partial charge is 0.333 e. The average molecular weight is 452 g/mol. The molecule has 1 fully saturated rings. The summed E-state index contributed by atoms with van der Waals surface area (Å²) in [6, 6.07) is 9.61. The molecule has 0 bridgehead atoms. The van der Waals surface area contributed by atoms with Gasteiger partial charge in [0, 0.05) is 25.9 Å². The lowest BCUT2D eigenvalue weighted by atomic mass is 10.1. The number of methoxy groups -OCH3 is 1. The molecule has 0 aliphatic heterocycles. The van der Waals surface area contributed by atoms with Crippen LogP contribution < -0.4 is 14.6 Å². The zero-order valence-corrected chi connectivity index (χ0v) is 17.8. The number of hydrogen-bond donors (Lipinski definition) is 2. The number of aliphatic hydroxyl groups excluding tert-OH is 1. The number of fused-ring (bicyclic) bond motifs is 1. The van der Waals surface area contributed by atoms with Gasteiger partial charge in [0.15, 0.2) is 6.10 Å². The van der Waals surface area contributed by atoms with Crippen LogP contribution in [0.3, 0.4) is 0 Å². The standard InChI is InChI=1S/C20H25N3O7S/c1-27-17-7-12-4-2-3-5-15(12)20(17)30-19-9-18(22-11-23-19)29-14-6-13(16(24)8-14)10-28-31(21,25)26/h2-5,9,11,13-14,16-17,20,24H,6-8,10H2,1H3,(H2,21,25,26)/t13-,14?,16?,17-,20+/m0/s1.